The van der Waals surface area contributed by atoms with Crippen molar-refractivity contribution >= 4 is 0 Å². The summed E-state index contributed by atoms with van der Waals surface area (Å²) in [6.45, 7) is 9.57. The second kappa shape index (κ2) is 5.76. The molecule has 0 amide bonds. The molecule has 4 nitrogen and oxygen atoms in total. The highest BCUT2D eigenvalue weighted by Crippen LogP contribution is 2.18. The Labute approximate surface area is 110 Å². The monoisotopic (exact) mass is 248 g/mol. The van der Waals surface area contributed by atoms with Gasteiger partial charge in [-0.15, -0.1) is 0 Å². The Balaban J connectivity index is 2.23. The fourth-order valence-corrected chi connectivity index (χ4v) is 2.42. The summed E-state index contributed by atoms with van der Waals surface area (Å²) in [5.41, 5.74) is 2.25. The van der Waals surface area contributed by atoms with E-state index in [1.807, 2.05) is 0 Å². The van der Waals surface area contributed by atoms with Crippen LogP contribution in [0.4, 0.5) is 0 Å². The third-order valence-corrected chi connectivity index (χ3v) is 3.35. The predicted molar refractivity (Wildman–Crippen MR) is 73.6 cm³/mol. The van der Waals surface area contributed by atoms with E-state index in [1.165, 1.54) is 5.69 Å². The second-order valence-electron chi connectivity index (χ2n) is 5.66. The molecule has 0 bridgehead atoms. The number of nitrogens with zero attached hydrogens (tertiary/aromatic N) is 3. The molecule has 1 fully saturated rings. The first-order valence-corrected chi connectivity index (χ1v) is 6.81. The normalized spacial score (nSPS) is 21.5. The van der Waals surface area contributed by atoms with E-state index in [-0.39, 0.29) is 0 Å². The van der Waals surface area contributed by atoms with Crippen molar-refractivity contribution in [3.8, 4) is 0 Å². The van der Waals surface area contributed by atoms with Gasteiger partial charge in [-0.05, 0) is 32.4 Å². The molecule has 1 unspecified atom stereocenters. The smallest absolute Gasteiger partial charge is 0.147 e. The maximum absolute atomic E-state index is 4.76. The zero-order valence-electron chi connectivity index (χ0n) is 11.9. The van der Waals surface area contributed by atoms with Gasteiger partial charge in [-0.2, -0.15) is 0 Å². The molecule has 1 aromatic heterocycles. The number of rotatable bonds is 3. The van der Waals surface area contributed by atoms with Crippen molar-refractivity contribution in [1.29, 1.82) is 0 Å². The van der Waals surface area contributed by atoms with Crippen molar-refractivity contribution in [2.45, 2.75) is 33.2 Å². The molecular formula is C14H24N4. The lowest BCUT2D eigenvalue weighted by Gasteiger charge is -2.32. The molecule has 0 saturated carbocycles. The fraction of sp³-hybridized carbons (Fsp3) is 0.714. The highest BCUT2D eigenvalue weighted by Gasteiger charge is 2.23. The minimum atomic E-state index is 0.310. The van der Waals surface area contributed by atoms with Crippen molar-refractivity contribution in [2.24, 2.45) is 5.92 Å². The van der Waals surface area contributed by atoms with E-state index < -0.39 is 0 Å². The van der Waals surface area contributed by atoms with Crippen LogP contribution in [0.2, 0.25) is 0 Å². The van der Waals surface area contributed by atoms with Crippen LogP contribution < -0.4 is 5.32 Å². The van der Waals surface area contributed by atoms with Crippen LogP contribution in [-0.4, -0.2) is 41.5 Å². The van der Waals surface area contributed by atoms with Crippen molar-refractivity contribution in [3.05, 3.63) is 23.3 Å². The lowest BCUT2D eigenvalue weighted by atomic mass is 10.1. The third kappa shape index (κ3) is 3.27. The maximum Gasteiger partial charge on any atom is 0.147 e. The highest BCUT2D eigenvalue weighted by molar-refractivity contribution is 5.13. The molecule has 1 aromatic rings. The molecule has 0 radical (unpaired) electrons. The van der Waals surface area contributed by atoms with Gasteiger partial charge >= 0.3 is 0 Å². The standard InChI is InChI=1S/C14H24N4/c1-10(2)7-12-8-11(3)16-14(17-12)13-9-15-5-6-18(13)4/h8,10,13,15H,5-7,9H2,1-4H3. The van der Waals surface area contributed by atoms with E-state index >= 15 is 0 Å². The Kier molecular flexibility index (Phi) is 4.30. The van der Waals surface area contributed by atoms with Crippen LogP contribution in [0.15, 0.2) is 6.07 Å². The molecule has 0 aliphatic carbocycles. The van der Waals surface area contributed by atoms with E-state index in [9.17, 15) is 0 Å². The van der Waals surface area contributed by atoms with Gasteiger partial charge in [0, 0.05) is 31.0 Å². The molecule has 0 aromatic carbocycles. The van der Waals surface area contributed by atoms with Gasteiger partial charge in [-0.3, -0.25) is 4.90 Å². The Morgan fingerprint density at radius 2 is 2.22 bits per heavy atom. The van der Waals surface area contributed by atoms with Crippen molar-refractivity contribution in [2.75, 3.05) is 26.7 Å². The van der Waals surface area contributed by atoms with Crippen LogP contribution in [0.3, 0.4) is 0 Å². The Morgan fingerprint density at radius 1 is 1.44 bits per heavy atom. The first kappa shape index (κ1) is 13.4. The van der Waals surface area contributed by atoms with Gasteiger partial charge in [0.25, 0.3) is 0 Å². The molecule has 1 atom stereocenters. The molecule has 4 heteroatoms. The van der Waals surface area contributed by atoms with Crippen molar-refractivity contribution in [3.63, 3.8) is 0 Å². The van der Waals surface area contributed by atoms with E-state index in [0.29, 0.717) is 12.0 Å². The first-order chi connectivity index (χ1) is 8.56. The molecule has 18 heavy (non-hydrogen) atoms. The summed E-state index contributed by atoms with van der Waals surface area (Å²) in [6, 6.07) is 2.42. The first-order valence-electron chi connectivity index (χ1n) is 6.81. The van der Waals surface area contributed by atoms with E-state index in [0.717, 1.165) is 37.6 Å². The van der Waals surface area contributed by atoms with E-state index in [2.05, 4.69) is 49.1 Å². The van der Waals surface area contributed by atoms with Gasteiger partial charge in [0.15, 0.2) is 0 Å². The molecule has 1 aliphatic rings. The van der Waals surface area contributed by atoms with Crippen LogP contribution in [0, 0.1) is 12.8 Å². The lowest BCUT2D eigenvalue weighted by molar-refractivity contribution is 0.193. The van der Waals surface area contributed by atoms with Crippen LogP contribution >= 0.6 is 0 Å². The minimum Gasteiger partial charge on any atom is -0.313 e. The summed E-state index contributed by atoms with van der Waals surface area (Å²) in [5.74, 6) is 1.61. The van der Waals surface area contributed by atoms with Gasteiger partial charge in [0.05, 0.1) is 6.04 Å². The van der Waals surface area contributed by atoms with E-state index in [4.69, 9.17) is 4.98 Å². The molecule has 2 heterocycles. The number of likely N-dealkylation sites (N-methyl/N-ethyl adjacent to an activating group) is 1. The van der Waals surface area contributed by atoms with E-state index in [1.54, 1.807) is 0 Å². The number of aryl methyl sites for hydroxylation is 1. The number of nitrogens with one attached hydrogen (secondary N) is 1. The Hall–Kier alpha value is -1.00. The summed E-state index contributed by atoms with van der Waals surface area (Å²) >= 11 is 0. The zero-order valence-corrected chi connectivity index (χ0v) is 11.9. The van der Waals surface area contributed by atoms with Crippen LogP contribution in [0.1, 0.15) is 37.1 Å². The van der Waals surface area contributed by atoms with Gasteiger partial charge in [-0.1, -0.05) is 13.8 Å². The number of hydrogen-bond donors (Lipinski definition) is 1. The minimum absolute atomic E-state index is 0.310. The van der Waals surface area contributed by atoms with Crippen molar-refractivity contribution < 1.29 is 0 Å². The van der Waals surface area contributed by atoms with Gasteiger partial charge in [0.2, 0.25) is 0 Å². The summed E-state index contributed by atoms with van der Waals surface area (Å²) in [5, 5.41) is 3.42. The maximum atomic E-state index is 4.76. The van der Waals surface area contributed by atoms with Gasteiger partial charge < -0.3 is 5.32 Å². The van der Waals surface area contributed by atoms with Crippen LogP contribution in [0.25, 0.3) is 0 Å². The zero-order chi connectivity index (χ0) is 13.1. The van der Waals surface area contributed by atoms with Crippen LogP contribution in [0.5, 0.6) is 0 Å². The summed E-state index contributed by atoms with van der Waals surface area (Å²) < 4.78 is 0. The fourth-order valence-electron chi connectivity index (χ4n) is 2.42. The predicted octanol–water partition coefficient (Wildman–Crippen LogP) is 1.56. The topological polar surface area (TPSA) is 41.1 Å². The summed E-state index contributed by atoms with van der Waals surface area (Å²) in [4.78, 5) is 11.7. The molecular weight excluding hydrogens is 224 g/mol. The molecule has 100 valence electrons. The molecule has 1 N–H and O–H groups in total. The number of piperazine rings is 1. The van der Waals surface area contributed by atoms with Gasteiger partial charge in [0.1, 0.15) is 5.82 Å². The molecule has 1 saturated heterocycles. The Morgan fingerprint density at radius 3 is 2.89 bits per heavy atom. The van der Waals surface area contributed by atoms with Crippen LogP contribution in [-0.2, 0) is 6.42 Å². The summed E-state index contributed by atoms with van der Waals surface area (Å²) in [6.07, 6.45) is 1.03. The van der Waals surface area contributed by atoms with Gasteiger partial charge in [-0.25, -0.2) is 9.97 Å². The quantitative estimate of drug-likeness (QED) is 0.881. The summed E-state index contributed by atoms with van der Waals surface area (Å²) in [7, 11) is 2.15. The Bertz CT molecular complexity index is 403. The number of aromatic nitrogens is 2. The largest absolute Gasteiger partial charge is 0.313 e. The SMILES string of the molecule is Cc1cc(CC(C)C)nc(C2CNCCN2C)n1. The third-order valence-electron chi connectivity index (χ3n) is 3.35. The molecule has 1 aliphatic heterocycles. The van der Waals surface area contributed by atoms with Crippen molar-refractivity contribution in [1.82, 2.24) is 20.2 Å². The molecule has 2 rings (SSSR count). The second-order valence-corrected chi connectivity index (χ2v) is 5.66. The average Bonchev–Trinajstić information content (AvgIpc) is 2.27. The average molecular weight is 248 g/mol. The lowest BCUT2D eigenvalue weighted by Crippen LogP contribution is -2.44. The number of hydrogen-bond acceptors (Lipinski definition) is 4. The highest BCUT2D eigenvalue weighted by atomic mass is 15.2. The molecule has 0 spiro atoms.